The molecule has 1 atom stereocenters. The van der Waals surface area contributed by atoms with E-state index in [4.69, 9.17) is 4.42 Å². The van der Waals surface area contributed by atoms with E-state index in [1.807, 2.05) is 0 Å². The number of nitriles is 1. The maximum absolute atomic E-state index is 12.2. The molecule has 1 aliphatic carbocycles. The number of fused-ring (bicyclic) bond motifs is 1. The van der Waals surface area contributed by atoms with Crippen molar-refractivity contribution in [1.29, 1.82) is 5.26 Å². The lowest BCUT2D eigenvalue weighted by Gasteiger charge is -2.20. The zero-order valence-electron chi connectivity index (χ0n) is 12.7. The molecule has 0 saturated carbocycles. The molecule has 2 aromatic heterocycles. The largest absolute Gasteiger partial charge is 0.456 e. The smallest absolute Gasteiger partial charge is 0.292 e. The summed E-state index contributed by atoms with van der Waals surface area (Å²) in [6.45, 7) is 4.00. The summed E-state index contributed by atoms with van der Waals surface area (Å²) in [5.41, 5.74) is 1.76. The van der Waals surface area contributed by atoms with Gasteiger partial charge in [-0.3, -0.25) is 4.79 Å². The second-order valence-corrected chi connectivity index (χ2v) is 6.81. The van der Waals surface area contributed by atoms with E-state index in [1.54, 1.807) is 19.1 Å². The fourth-order valence-corrected chi connectivity index (χ4v) is 4.24. The zero-order valence-corrected chi connectivity index (χ0v) is 13.5. The van der Waals surface area contributed by atoms with Gasteiger partial charge in [0.1, 0.15) is 16.8 Å². The Balaban J connectivity index is 1.87. The van der Waals surface area contributed by atoms with Gasteiger partial charge in [0.05, 0.1) is 5.56 Å². The molecule has 0 aromatic carbocycles. The van der Waals surface area contributed by atoms with E-state index in [1.165, 1.54) is 16.2 Å². The third kappa shape index (κ3) is 2.67. The Morgan fingerprint density at radius 2 is 2.36 bits per heavy atom. The first kappa shape index (κ1) is 14.9. The van der Waals surface area contributed by atoms with Crippen LogP contribution in [0.3, 0.4) is 0 Å². The summed E-state index contributed by atoms with van der Waals surface area (Å²) in [6.07, 6.45) is 4.23. The molecule has 0 radical (unpaired) electrons. The van der Waals surface area contributed by atoms with Gasteiger partial charge in [-0.15, -0.1) is 11.3 Å². The van der Waals surface area contributed by atoms with Crippen molar-refractivity contribution in [2.24, 2.45) is 5.92 Å². The predicted molar refractivity (Wildman–Crippen MR) is 86.2 cm³/mol. The van der Waals surface area contributed by atoms with Crippen LogP contribution in [0.5, 0.6) is 0 Å². The van der Waals surface area contributed by atoms with Gasteiger partial charge in [-0.25, -0.2) is 0 Å². The molecule has 1 N–H and O–H groups in total. The third-order valence-electron chi connectivity index (χ3n) is 4.25. The van der Waals surface area contributed by atoms with Gasteiger partial charge in [-0.05, 0) is 49.8 Å². The molecule has 0 unspecified atom stereocenters. The molecule has 1 amide bonds. The number of anilines is 1. The van der Waals surface area contributed by atoms with Gasteiger partial charge in [0.2, 0.25) is 0 Å². The van der Waals surface area contributed by atoms with E-state index in [0.29, 0.717) is 22.2 Å². The van der Waals surface area contributed by atoms with Crippen molar-refractivity contribution in [2.75, 3.05) is 5.32 Å². The quantitative estimate of drug-likeness (QED) is 0.919. The normalized spacial score (nSPS) is 16.9. The minimum Gasteiger partial charge on any atom is -0.456 e. The minimum absolute atomic E-state index is 0.277. The number of thiophene rings is 1. The molecule has 1 aliphatic rings. The summed E-state index contributed by atoms with van der Waals surface area (Å²) in [4.78, 5) is 13.5. The van der Waals surface area contributed by atoms with Gasteiger partial charge in [0, 0.05) is 4.88 Å². The third-order valence-corrected chi connectivity index (χ3v) is 5.42. The molecule has 114 valence electrons. The maximum atomic E-state index is 12.2. The standard InChI is InChI=1S/C17H18N2O2S/c1-3-11-5-6-12-13(9-18)17(22-15(12)8-11)19-16(20)14-7-4-10(2)21-14/h4,7,11H,3,5-6,8H2,1-2H3,(H,19,20)/t11-/m0/s1. The van der Waals surface area contributed by atoms with Crippen molar-refractivity contribution in [3.63, 3.8) is 0 Å². The van der Waals surface area contributed by atoms with Crippen LogP contribution in [0.25, 0.3) is 0 Å². The van der Waals surface area contributed by atoms with Crippen LogP contribution in [-0.2, 0) is 12.8 Å². The Bertz CT molecular complexity index is 751. The predicted octanol–water partition coefficient (Wildman–Crippen LogP) is 4.29. The minimum atomic E-state index is -0.296. The monoisotopic (exact) mass is 314 g/mol. The topological polar surface area (TPSA) is 66.0 Å². The van der Waals surface area contributed by atoms with Crippen molar-refractivity contribution in [2.45, 2.75) is 39.5 Å². The van der Waals surface area contributed by atoms with Crippen LogP contribution in [0.1, 0.15) is 52.1 Å². The van der Waals surface area contributed by atoms with Crippen LogP contribution < -0.4 is 5.32 Å². The number of nitrogens with zero attached hydrogens (tertiary/aromatic N) is 1. The average molecular weight is 314 g/mol. The molecule has 5 heteroatoms. The summed E-state index contributed by atoms with van der Waals surface area (Å²) in [5.74, 6) is 1.37. The van der Waals surface area contributed by atoms with Gasteiger partial charge in [-0.1, -0.05) is 13.3 Å². The first-order chi connectivity index (χ1) is 10.6. The van der Waals surface area contributed by atoms with Crippen molar-refractivity contribution >= 4 is 22.2 Å². The molecule has 0 spiro atoms. The fourth-order valence-electron chi connectivity index (χ4n) is 2.93. The zero-order chi connectivity index (χ0) is 15.7. The summed E-state index contributed by atoms with van der Waals surface area (Å²) >= 11 is 1.54. The van der Waals surface area contributed by atoms with Crippen LogP contribution in [0.4, 0.5) is 5.00 Å². The summed E-state index contributed by atoms with van der Waals surface area (Å²) in [7, 11) is 0. The molecule has 2 aromatic rings. The number of amides is 1. The van der Waals surface area contributed by atoms with Crippen molar-refractivity contribution in [3.05, 3.63) is 39.7 Å². The molecular formula is C17H18N2O2S. The van der Waals surface area contributed by atoms with E-state index < -0.39 is 0 Å². The number of furan rings is 1. The van der Waals surface area contributed by atoms with Crippen LogP contribution in [0.2, 0.25) is 0 Å². The van der Waals surface area contributed by atoms with E-state index in [9.17, 15) is 10.1 Å². The van der Waals surface area contributed by atoms with E-state index in [0.717, 1.165) is 31.2 Å². The van der Waals surface area contributed by atoms with Gasteiger partial charge < -0.3 is 9.73 Å². The van der Waals surface area contributed by atoms with Crippen molar-refractivity contribution < 1.29 is 9.21 Å². The highest BCUT2D eigenvalue weighted by molar-refractivity contribution is 7.16. The van der Waals surface area contributed by atoms with Crippen molar-refractivity contribution in [1.82, 2.24) is 0 Å². The Hall–Kier alpha value is -2.06. The highest BCUT2D eigenvalue weighted by Crippen LogP contribution is 2.40. The first-order valence-electron chi connectivity index (χ1n) is 7.54. The lowest BCUT2D eigenvalue weighted by molar-refractivity contribution is 0.0996. The SMILES string of the molecule is CC[C@H]1CCc2c(sc(NC(=O)c3ccc(C)o3)c2C#N)C1. The fraction of sp³-hybridized carbons (Fsp3) is 0.412. The maximum Gasteiger partial charge on any atom is 0.292 e. The first-order valence-corrected chi connectivity index (χ1v) is 8.36. The Labute approximate surface area is 133 Å². The molecule has 3 rings (SSSR count). The Kier molecular flexibility index (Phi) is 4.04. The number of rotatable bonds is 3. The summed E-state index contributed by atoms with van der Waals surface area (Å²) in [6, 6.07) is 5.67. The molecule has 0 bridgehead atoms. The molecule has 0 aliphatic heterocycles. The van der Waals surface area contributed by atoms with Crippen LogP contribution in [0, 0.1) is 24.2 Å². The molecule has 22 heavy (non-hydrogen) atoms. The average Bonchev–Trinajstić information content (AvgIpc) is 3.09. The Morgan fingerprint density at radius 3 is 3.00 bits per heavy atom. The highest BCUT2D eigenvalue weighted by atomic mass is 32.1. The summed E-state index contributed by atoms with van der Waals surface area (Å²) in [5, 5.41) is 13.0. The number of carbonyl (C=O) groups is 1. The lowest BCUT2D eigenvalue weighted by Crippen LogP contribution is -2.12. The second kappa shape index (κ2) is 5.98. The van der Waals surface area contributed by atoms with E-state index in [-0.39, 0.29) is 11.7 Å². The van der Waals surface area contributed by atoms with Gasteiger partial charge in [0.15, 0.2) is 5.76 Å². The lowest BCUT2D eigenvalue weighted by atomic mass is 9.86. The van der Waals surface area contributed by atoms with Gasteiger partial charge >= 0.3 is 0 Å². The van der Waals surface area contributed by atoms with Crippen LogP contribution in [-0.4, -0.2) is 5.91 Å². The molecular weight excluding hydrogens is 296 g/mol. The summed E-state index contributed by atoms with van der Waals surface area (Å²) < 4.78 is 5.34. The van der Waals surface area contributed by atoms with Gasteiger partial charge in [0.25, 0.3) is 5.91 Å². The van der Waals surface area contributed by atoms with Crippen LogP contribution >= 0.6 is 11.3 Å². The number of hydrogen-bond donors (Lipinski definition) is 1. The number of hydrogen-bond acceptors (Lipinski definition) is 4. The molecule has 4 nitrogen and oxygen atoms in total. The highest BCUT2D eigenvalue weighted by Gasteiger charge is 2.26. The number of carbonyl (C=O) groups excluding carboxylic acids is 1. The van der Waals surface area contributed by atoms with Crippen LogP contribution in [0.15, 0.2) is 16.5 Å². The molecule has 2 heterocycles. The molecule has 0 fully saturated rings. The van der Waals surface area contributed by atoms with E-state index in [2.05, 4.69) is 18.3 Å². The van der Waals surface area contributed by atoms with E-state index >= 15 is 0 Å². The second-order valence-electron chi connectivity index (χ2n) is 5.70. The molecule has 0 saturated heterocycles. The van der Waals surface area contributed by atoms with Gasteiger partial charge in [-0.2, -0.15) is 5.26 Å². The number of nitrogens with one attached hydrogen (secondary N) is 1. The Morgan fingerprint density at radius 1 is 1.55 bits per heavy atom. The number of aryl methyl sites for hydroxylation is 1. The van der Waals surface area contributed by atoms with Crippen molar-refractivity contribution in [3.8, 4) is 6.07 Å².